The minimum absolute atomic E-state index is 0.0104. The lowest BCUT2D eigenvalue weighted by Crippen LogP contribution is -2.57. The van der Waals surface area contributed by atoms with Crippen LogP contribution < -0.4 is 16.4 Å². The lowest BCUT2D eigenvalue weighted by molar-refractivity contribution is -0.139. The van der Waals surface area contributed by atoms with Crippen molar-refractivity contribution in [3.05, 3.63) is 35.9 Å². The second-order valence-corrected chi connectivity index (χ2v) is 7.25. The first-order valence-corrected chi connectivity index (χ1v) is 8.52. The van der Waals surface area contributed by atoms with E-state index in [1.54, 1.807) is 18.7 Å². The molecule has 0 spiro atoms. The molecule has 0 aliphatic carbocycles. The molecule has 7 nitrogen and oxygen atoms in total. The Labute approximate surface area is 146 Å². The fraction of sp³-hybridized carbons (Fsp3) is 0.500. The largest absolute Gasteiger partial charge is 0.341 e. The van der Waals surface area contributed by atoms with Gasteiger partial charge in [0.2, 0.25) is 5.91 Å². The number of piperidine rings is 1. The van der Waals surface area contributed by atoms with E-state index in [0.29, 0.717) is 25.9 Å². The molecule has 4 amide bonds. The summed E-state index contributed by atoms with van der Waals surface area (Å²) in [7, 11) is 0. The van der Waals surface area contributed by atoms with Crippen LogP contribution in [0.15, 0.2) is 30.3 Å². The molecule has 134 valence electrons. The molecular formula is C18H24N4O3. The van der Waals surface area contributed by atoms with E-state index in [2.05, 4.69) is 10.6 Å². The lowest BCUT2D eigenvalue weighted by atomic mass is 9.78. The summed E-state index contributed by atoms with van der Waals surface area (Å²) in [6, 6.07) is 8.86. The number of urea groups is 1. The van der Waals surface area contributed by atoms with Crippen molar-refractivity contribution >= 4 is 17.8 Å². The highest BCUT2D eigenvalue weighted by atomic mass is 16.2. The summed E-state index contributed by atoms with van der Waals surface area (Å²) >= 11 is 0. The standard InChI is InChI=1S/C18H24N4O3/c1-17(19,12-6-4-3-5-7-12)15(24)22-10-8-13(9-11-22)18(2)14(23)20-16(25)21-18/h3-7,13H,8-11,19H2,1-2H3,(H2,20,21,23,25). The van der Waals surface area contributed by atoms with E-state index in [0.717, 1.165) is 5.56 Å². The van der Waals surface area contributed by atoms with Crippen LogP contribution in [0.25, 0.3) is 0 Å². The van der Waals surface area contributed by atoms with Crippen molar-refractivity contribution in [2.45, 2.75) is 37.8 Å². The number of carbonyl (C=O) groups excluding carboxylic acids is 3. The molecular weight excluding hydrogens is 320 g/mol. The van der Waals surface area contributed by atoms with Gasteiger partial charge in [-0.25, -0.2) is 4.79 Å². The van der Waals surface area contributed by atoms with E-state index in [1.807, 2.05) is 30.3 Å². The fourth-order valence-electron chi connectivity index (χ4n) is 3.74. The molecule has 2 saturated heterocycles. The third kappa shape index (κ3) is 3.00. The monoisotopic (exact) mass is 344 g/mol. The van der Waals surface area contributed by atoms with Crippen LogP contribution in [0.5, 0.6) is 0 Å². The molecule has 2 atom stereocenters. The van der Waals surface area contributed by atoms with Crippen molar-refractivity contribution in [2.24, 2.45) is 11.7 Å². The minimum Gasteiger partial charge on any atom is -0.341 e. The van der Waals surface area contributed by atoms with Gasteiger partial charge in [0, 0.05) is 13.1 Å². The van der Waals surface area contributed by atoms with Crippen molar-refractivity contribution in [3.8, 4) is 0 Å². The van der Waals surface area contributed by atoms with Crippen molar-refractivity contribution in [3.63, 3.8) is 0 Å². The van der Waals surface area contributed by atoms with Gasteiger partial charge in [0.25, 0.3) is 5.91 Å². The number of benzene rings is 1. The van der Waals surface area contributed by atoms with Crippen molar-refractivity contribution in [2.75, 3.05) is 13.1 Å². The summed E-state index contributed by atoms with van der Waals surface area (Å²) in [4.78, 5) is 38.2. The van der Waals surface area contributed by atoms with Gasteiger partial charge in [0.15, 0.2) is 0 Å². The SMILES string of the molecule is CC(N)(C(=O)N1CCC(C2(C)NC(=O)NC2=O)CC1)c1ccccc1. The summed E-state index contributed by atoms with van der Waals surface area (Å²) in [5, 5.41) is 5.02. The number of hydrogen-bond acceptors (Lipinski definition) is 4. The second kappa shape index (κ2) is 6.15. The van der Waals surface area contributed by atoms with Gasteiger partial charge in [-0.05, 0) is 38.2 Å². The quantitative estimate of drug-likeness (QED) is 0.702. The number of hydrogen-bond donors (Lipinski definition) is 3. The van der Waals surface area contributed by atoms with Gasteiger partial charge in [-0.1, -0.05) is 30.3 Å². The molecule has 1 aromatic carbocycles. The number of amides is 4. The van der Waals surface area contributed by atoms with Crippen LogP contribution >= 0.6 is 0 Å². The molecule has 0 radical (unpaired) electrons. The van der Waals surface area contributed by atoms with Crippen LogP contribution in [0, 0.1) is 5.92 Å². The van der Waals surface area contributed by atoms with Gasteiger partial charge in [0.05, 0.1) is 0 Å². The smallest absolute Gasteiger partial charge is 0.322 e. The molecule has 0 aromatic heterocycles. The van der Waals surface area contributed by atoms with Crippen molar-refractivity contribution in [1.82, 2.24) is 15.5 Å². The third-order valence-electron chi connectivity index (χ3n) is 5.49. The molecule has 0 saturated carbocycles. The number of rotatable bonds is 3. The maximum Gasteiger partial charge on any atom is 0.322 e. The Balaban J connectivity index is 1.67. The van der Waals surface area contributed by atoms with Crippen LogP contribution in [0.4, 0.5) is 4.79 Å². The van der Waals surface area contributed by atoms with Gasteiger partial charge in [-0.15, -0.1) is 0 Å². The maximum atomic E-state index is 12.9. The van der Waals surface area contributed by atoms with Gasteiger partial charge in [-0.2, -0.15) is 0 Å². The predicted octanol–water partition coefficient (Wildman–Crippen LogP) is 0.697. The average Bonchev–Trinajstić information content (AvgIpc) is 2.88. The first-order chi connectivity index (χ1) is 11.7. The van der Waals surface area contributed by atoms with Crippen LogP contribution in [-0.4, -0.2) is 41.4 Å². The van der Waals surface area contributed by atoms with Gasteiger partial charge < -0.3 is 16.0 Å². The number of imide groups is 1. The van der Waals surface area contributed by atoms with E-state index in [-0.39, 0.29) is 17.7 Å². The van der Waals surface area contributed by atoms with Crippen LogP contribution in [0.1, 0.15) is 32.3 Å². The zero-order valence-electron chi connectivity index (χ0n) is 14.5. The molecule has 3 rings (SSSR count). The Morgan fingerprint density at radius 2 is 1.84 bits per heavy atom. The fourth-order valence-corrected chi connectivity index (χ4v) is 3.74. The normalized spacial score (nSPS) is 26.8. The molecule has 7 heteroatoms. The predicted molar refractivity (Wildman–Crippen MR) is 92.4 cm³/mol. The third-order valence-corrected chi connectivity index (χ3v) is 5.49. The number of nitrogens with zero attached hydrogens (tertiary/aromatic N) is 1. The first kappa shape index (κ1) is 17.4. The first-order valence-electron chi connectivity index (χ1n) is 8.52. The Hall–Kier alpha value is -2.41. The molecule has 2 aliphatic heterocycles. The Bertz CT molecular complexity index is 696. The molecule has 1 aromatic rings. The average molecular weight is 344 g/mol. The Morgan fingerprint density at radius 3 is 2.36 bits per heavy atom. The summed E-state index contributed by atoms with van der Waals surface area (Å²) < 4.78 is 0. The van der Waals surface area contributed by atoms with Crippen molar-refractivity contribution < 1.29 is 14.4 Å². The number of nitrogens with two attached hydrogens (primary N) is 1. The molecule has 2 heterocycles. The topological polar surface area (TPSA) is 105 Å². The van der Waals surface area contributed by atoms with E-state index < -0.39 is 17.1 Å². The number of nitrogens with one attached hydrogen (secondary N) is 2. The van der Waals surface area contributed by atoms with Crippen molar-refractivity contribution in [1.29, 1.82) is 0 Å². The van der Waals surface area contributed by atoms with E-state index >= 15 is 0 Å². The summed E-state index contributed by atoms with van der Waals surface area (Å²) in [6.45, 7) is 4.50. The highest BCUT2D eigenvalue weighted by molar-refractivity contribution is 6.07. The zero-order chi connectivity index (χ0) is 18.2. The van der Waals surface area contributed by atoms with Gasteiger partial charge >= 0.3 is 6.03 Å². The number of likely N-dealkylation sites (tertiary alicyclic amines) is 1. The van der Waals surface area contributed by atoms with Crippen LogP contribution in [0.3, 0.4) is 0 Å². The number of carbonyl (C=O) groups is 3. The maximum absolute atomic E-state index is 12.9. The summed E-state index contributed by atoms with van der Waals surface area (Å²) in [6.07, 6.45) is 1.28. The van der Waals surface area contributed by atoms with Gasteiger partial charge in [-0.3, -0.25) is 14.9 Å². The lowest BCUT2D eigenvalue weighted by Gasteiger charge is -2.41. The molecule has 2 fully saturated rings. The van der Waals surface area contributed by atoms with E-state index in [4.69, 9.17) is 5.73 Å². The molecule has 4 N–H and O–H groups in total. The zero-order valence-corrected chi connectivity index (χ0v) is 14.5. The molecule has 0 bridgehead atoms. The molecule has 2 unspecified atom stereocenters. The van der Waals surface area contributed by atoms with Gasteiger partial charge in [0.1, 0.15) is 11.1 Å². The Kier molecular flexibility index (Phi) is 4.28. The van der Waals surface area contributed by atoms with Crippen LogP contribution in [0.2, 0.25) is 0 Å². The van der Waals surface area contributed by atoms with Crippen LogP contribution in [-0.2, 0) is 15.1 Å². The molecule has 2 aliphatic rings. The summed E-state index contributed by atoms with van der Waals surface area (Å²) in [5.41, 5.74) is 5.11. The van der Waals surface area contributed by atoms with E-state index in [1.165, 1.54) is 0 Å². The highest BCUT2D eigenvalue weighted by Crippen LogP contribution is 2.32. The molecule has 25 heavy (non-hydrogen) atoms. The minimum atomic E-state index is -1.09. The highest BCUT2D eigenvalue weighted by Gasteiger charge is 2.49. The Morgan fingerprint density at radius 1 is 1.24 bits per heavy atom. The second-order valence-electron chi connectivity index (χ2n) is 7.25. The van der Waals surface area contributed by atoms with E-state index in [9.17, 15) is 14.4 Å². The summed E-state index contributed by atoms with van der Waals surface area (Å²) in [5.74, 6) is -0.429.